The summed E-state index contributed by atoms with van der Waals surface area (Å²) < 4.78 is 0. The van der Waals surface area contributed by atoms with Crippen molar-refractivity contribution in [2.45, 2.75) is 0 Å². The maximum atomic E-state index is 3.26. The molecule has 2 heteroatoms. The molecule has 0 aromatic carbocycles. The smallest absolute Gasteiger partial charge is 0.143 e. The van der Waals surface area contributed by atoms with Crippen molar-refractivity contribution in [2.24, 2.45) is 0 Å². The van der Waals surface area contributed by atoms with Crippen LogP contribution in [0.3, 0.4) is 0 Å². The van der Waals surface area contributed by atoms with Crippen molar-refractivity contribution in [3.05, 3.63) is 23.3 Å². The summed E-state index contributed by atoms with van der Waals surface area (Å²) in [5.74, 6) is 11.9. The van der Waals surface area contributed by atoms with E-state index < -0.39 is 0 Å². The van der Waals surface area contributed by atoms with Crippen molar-refractivity contribution in [1.29, 1.82) is 0 Å². The molecule has 2 aliphatic rings. The Hall–Kier alpha value is -1.57. The van der Waals surface area contributed by atoms with E-state index in [-0.39, 0.29) is 0 Å². The van der Waals surface area contributed by atoms with Gasteiger partial charge in [0.25, 0.3) is 0 Å². The molecule has 1 fully saturated rings. The third-order valence-corrected chi connectivity index (χ3v) is 2.08. The van der Waals surface area contributed by atoms with E-state index in [2.05, 4.69) is 40.4 Å². The molecular weight excluding hydrogens is 172 g/mol. The lowest BCUT2D eigenvalue weighted by molar-refractivity contribution is 0.871. The molecule has 2 heterocycles. The Labute approximate surface area is 84.5 Å². The third kappa shape index (κ3) is 2.22. The predicted molar refractivity (Wildman–Crippen MR) is 56.1 cm³/mol. The van der Waals surface area contributed by atoms with Crippen LogP contribution in [0.4, 0.5) is 0 Å². The Balaban J connectivity index is 2.26. The Morgan fingerprint density at radius 3 is 3.07 bits per heavy atom. The molecule has 2 N–H and O–H groups in total. The van der Waals surface area contributed by atoms with E-state index in [1.54, 1.807) is 0 Å². The minimum atomic E-state index is 0.678. The summed E-state index contributed by atoms with van der Waals surface area (Å²) in [7, 11) is 0. The third-order valence-electron chi connectivity index (χ3n) is 2.08. The van der Waals surface area contributed by atoms with Crippen LogP contribution in [-0.4, -0.2) is 26.2 Å². The number of allylic oxidation sites excluding steroid dienone is 2. The monoisotopic (exact) mass is 183 g/mol. The lowest BCUT2D eigenvalue weighted by Crippen LogP contribution is -2.13. The van der Waals surface area contributed by atoms with E-state index in [1.165, 1.54) is 5.57 Å². The predicted octanol–water partition coefficient (Wildman–Crippen LogP) is -0.144. The Morgan fingerprint density at radius 1 is 1.14 bits per heavy atom. The highest BCUT2D eigenvalue weighted by Crippen LogP contribution is 2.12. The van der Waals surface area contributed by atoms with Gasteiger partial charge in [0.15, 0.2) is 0 Å². The molecule has 0 aliphatic carbocycles. The average Bonchev–Trinajstić information content (AvgIpc) is 2.61. The second-order valence-electron chi connectivity index (χ2n) is 3.10. The molecule has 2 nitrogen and oxygen atoms in total. The van der Waals surface area contributed by atoms with Gasteiger partial charge in [-0.1, -0.05) is 11.8 Å². The molecule has 0 unspecified atom stereocenters. The van der Waals surface area contributed by atoms with E-state index in [1.807, 2.05) is 6.08 Å². The van der Waals surface area contributed by atoms with Gasteiger partial charge < -0.3 is 0 Å². The maximum Gasteiger partial charge on any atom is 0.143 e. The van der Waals surface area contributed by atoms with E-state index >= 15 is 0 Å². The summed E-state index contributed by atoms with van der Waals surface area (Å²) in [4.78, 5) is 0. The molecule has 0 saturated carbocycles. The molecule has 0 aromatic rings. The van der Waals surface area contributed by atoms with Crippen LogP contribution in [0.5, 0.6) is 0 Å². The molecule has 0 atom stereocenters. The average molecular weight is 183 g/mol. The van der Waals surface area contributed by atoms with Gasteiger partial charge in [-0.3, -0.25) is 10.6 Å². The summed E-state index contributed by atoms with van der Waals surface area (Å²) in [5.41, 5.74) is 2.36. The SMILES string of the molecule is C1#CCNCC#C/C=C2/CNCC2=[C+]1. The van der Waals surface area contributed by atoms with Gasteiger partial charge in [-0.05, 0) is 0 Å². The first kappa shape index (κ1) is 9.00. The van der Waals surface area contributed by atoms with Gasteiger partial charge in [0, 0.05) is 6.08 Å². The van der Waals surface area contributed by atoms with Crippen molar-refractivity contribution < 1.29 is 0 Å². The van der Waals surface area contributed by atoms with Gasteiger partial charge in [0.1, 0.15) is 24.1 Å². The first-order valence-corrected chi connectivity index (χ1v) is 4.66. The molecule has 68 valence electrons. The topological polar surface area (TPSA) is 24.1 Å². The highest BCUT2D eigenvalue weighted by molar-refractivity contribution is 5.43. The number of nitrogens with one attached hydrogen (secondary N) is 2. The van der Waals surface area contributed by atoms with Crippen LogP contribution in [0.2, 0.25) is 0 Å². The largest absolute Gasteiger partial charge is 0.295 e. The molecule has 0 spiro atoms. The summed E-state index contributed by atoms with van der Waals surface area (Å²) in [5, 5.41) is 6.36. The van der Waals surface area contributed by atoms with Gasteiger partial charge in [-0.15, -0.1) is 0 Å². The molecule has 0 aromatic heterocycles. The summed E-state index contributed by atoms with van der Waals surface area (Å²) in [6.45, 7) is 3.11. The highest BCUT2D eigenvalue weighted by atomic mass is 14.9. The summed E-state index contributed by atoms with van der Waals surface area (Å²) in [6.07, 6.45) is 5.05. The molecule has 1 saturated heterocycles. The summed E-state index contributed by atoms with van der Waals surface area (Å²) >= 11 is 0. The standard InChI is InChI=1S/C12H11N2/c1-3-7-13-8-4-2-6-12-10-14-9-11(12)5-1/h5,13-14H,7-10H2/q+1/b11-5-. The van der Waals surface area contributed by atoms with Gasteiger partial charge in [0.2, 0.25) is 0 Å². The van der Waals surface area contributed by atoms with Crippen LogP contribution in [0.15, 0.2) is 17.2 Å². The molecule has 0 amide bonds. The van der Waals surface area contributed by atoms with Crippen LogP contribution < -0.4 is 10.6 Å². The van der Waals surface area contributed by atoms with Crippen LogP contribution in [0.25, 0.3) is 0 Å². The van der Waals surface area contributed by atoms with E-state index in [4.69, 9.17) is 0 Å². The number of hydrogen-bond donors (Lipinski definition) is 2. The molecule has 2 rings (SSSR count). The first-order valence-electron chi connectivity index (χ1n) is 4.66. The fraction of sp³-hybridized carbons (Fsp3) is 0.333. The van der Waals surface area contributed by atoms with Crippen LogP contribution in [0.1, 0.15) is 0 Å². The lowest BCUT2D eigenvalue weighted by Gasteiger charge is -1.85. The minimum absolute atomic E-state index is 0.678. The van der Waals surface area contributed by atoms with Crippen molar-refractivity contribution >= 4 is 0 Å². The Kier molecular flexibility index (Phi) is 2.96. The quantitative estimate of drug-likeness (QED) is 0.403. The fourth-order valence-electron chi connectivity index (χ4n) is 1.35. The number of hydrogen-bond acceptors (Lipinski definition) is 2. The molecule has 14 heavy (non-hydrogen) atoms. The van der Waals surface area contributed by atoms with Gasteiger partial charge in [0.05, 0.1) is 31.1 Å². The zero-order valence-corrected chi connectivity index (χ0v) is 7.91. The normalized spacial score (nSPS) is 23.1. The van der Waals surface area contributed by atoms with Crippen LogP contribution >= 0.6 is 0 Å². The van der Waals surface area contributed by atoms with Crippen molar-refractivity contribution in [3.8, 4) is 23.7 Å². The lowest BCUT2D eigenvalue weighted by atomic mass is 10.1. The number of fused-ring (bicyclic) bond motifs is 1. The first-order chi connectivity index (χ1) is 6.97. The second kappa shape index (κ2) is 4.61. The Bertz CT molecular complexity index is 356. The molecule has 2 aliphatic heterocycles. The Morgan fingerprint density at radius 2 is 2.07 bits per heavy atom. The fourth-order valence-corrected chi connectivity index (χ4v) is 1.35. The van der Waals surface area contributed by atoms with E-state index in [0.717, 1.165) is 18.7 Å². The van der Waals surface area contributed by atoms with Crippen LogP contribution in [-0.2, 0) is 0 Å². The van der Waals surface area contributed by atoms with E-state index in [9.17, 15) is 0 Å². The van der Waals surface area contributed by atoms with Crippen LogP contribution in [0, 0.1) is 29.8 Å². The van der Waals surface area contributed by atoms with Gasteiger partial charge >= 0.3 is 0 Å². The zero-order chi connectivity index (χ0) is 9.64. The van der Waals surface area contributed by atoms with Gasteiger partial charge in [-0.25, -0.2) is 0 Å². The minimum Gasteiger partial charge on any atom is -0.295 e. The molecule has 0 radical (unpaired) electrons. The zero-order valence-electron chi connectivity index (χ0n) is 7.91. The number of rotatable bonds is 0. The molecular formula is C12H11N2+. The maximum absolute atomic E-state index is 3.26. The second-order valence-corrected chi connectivity index (χ2v) is 3.10. The van der Waals surface area contributed by atoms with Gasteiger partial charge in [-0.2, -0.15) is 0 Å². The van der Waals surface area contributed by atoms with Crippen molar-refractivity contribution in [1.82, 2.24) is 10.6 Å². The highest BCUT2D eigenvalue weighted by Gasteiger charge is 2.19. The van der Waals surface area contributed by atoms with Crippen molar-refractivity contribution in [2.75, 3.05) is 26.2 Å². The summed E-state index contributed by atoms with van der Waals surface area (Å²) in [6, 6.07) is 0. The van der Waals surface area contributed by atoms with E-state index in [0.29, 0.717) is 13.1 Å². The molecule has 0 bridgehead atoms. The van der Waals surface area contributed by atoms with Crippen molar-refractivity contribution in [3.63, 3.8) is 0 Å².